The minimum atomic E-state index is -3.69. The van der Waals surface area contributed by atoms with Crippen LogP contribution >= 0.6 is 0 Å². The summed E-state index contributed by atoms with van der Waals surface area (Å²) < 4.78 is 64.2. The number of nitrogens with zero attached hydrogens (tertiary/aromatic N) is 2. The number of hydrogen-bond acceptors (Lipinski definition) is 8. The van der Waals surface area contributed by atoms with Crippen LogP contribution in [0.4, 0.5) is 19.0 Å². The Morgan fingerprint density at radius 1 is 0.971 bits per heavy atom. The number of aliphatic hydroxyl groups is 1. The van der Waals surface area contributed by atoms with Crippen molar-refractivity contribution < 1.29 is 37.2 Å². The lowest BCUT2D eigenvalue weighted by Crippen LogP contribution is -2.21. The van der Waals surface area contributed by atoms with Crippen LogP contribution in [0, 0.1) is 12.7 Å². The summed E-state index contributed by atoms with van der Waals surface area (Å²) in [5, 5.41) is 12.5. The average molecular weight is 495 g/mol. The molecule has 2 aromatic carbocycles. The summed E-state index contributed by atoms with van der Waals surface area (Å²) in [6.45, 7) is 1.39. The molecule has 0 spiro atoms. The summed E-state index contributed by atoms with van der Waals surface area (Å²) in [4.78, 5) is 8.85. The molecule has 190 valence electrons. The minimum Gasteiger partial charge on any atom is -0.487 e. The molecular formula is C24H28F3N3O5. The van der Waals surface area contributed by atoms with Crippen LogP contribution < -0.4 is 14.8 Å². The van der Waals surface area contributed by atoms with Gasteiger partial charge in [0, 0.05) is 37.8 Å². The lowest BCUT2D eigenvalue weighted by atomic mass is 10.0. The Labute approximate surface area is 201 Å². The van der Waals surface area contributed by atoms with Gasteiger partial charge in [0.1, 0.15) is 37.3 Å². The molecule has 35 heavy (non-hydrogen) atoms. The Kier molecular flexibility index (Phi) is 9.07. The van der Waals surface area contributed by atoms with E-state index in [1.165, 1.54) is 12.1 Å². The van der Waals surface area contributed by atoms with Gasteiger partial charge in [0.05, 0.1) is 24.3 Å². The first-order valence-corrected chi connectivity index (χ1v) is 10.9. The zero-order chi connectivity index (χ0) is 25.4. The Morgan fingerprint density at radius 2 is 1.63 bits per heavy atom. The fourth-order valence-corrected chi connectivity index (χ4v) is 3.35. The van der Waals surface area contributed by atoms with Crippen LogP contribution in [0.15, 0.2) is 30.3 Å². The molecule has 0 atom stereocenters. The van der Waals surface area contributed by atoms with Gasteiger partial charge in [-0.2, -0.15) is 8.78 Å². The molecule has 0 saturated carbocycles. The molecule has 0 unspecified atom stereocenters. The molecule has 2 N–H and O–H groups in total. The Balaban J connectivity index is 1.95. The smallest absolute Gasteiger partial charge is 0.298 e. The maximum absolute atomic E-state index is 14.8. The Bertz CT molecular complexity index is 1150. The standard InChI is InChI=1S/C24H28F3N3O5/c1-15-29-19-12-21(35-10-8-33-3)20(34-9-7-32-2)11-17(19)23(30-15)28-13-16-5-4-6-18(22(16)25)24(26,27)14-31/h4-6,11-12,31H,7-10,13-14H2,1-3H3,(H,28,29,30). The van der Waals surface area contributed by atoms with Gasteiger partial charge in [0.25, 0.3) is 5.92 Å². The average Bonchev–Trinajstić information content (AvgIpc) is 2.83. The molecule has 0 radical (unpaired) electrons. The van der Waals surface area contributed by atoms with E-state index in [0.29, 0.717) is 53.9 Å². The van der Waals surface area contributed by atoms with Crippen LogP contribution in [-0.2, 0) is 21.9 Å². The molecule has 1 heterocycles. The third kappa shape index (κ3) is 6.50. The highest BCUT2D eigenvalue weighted by Gasteiger charge is 2.34. The van der Waals surface area contributed by atoms with E-state index in [4.69, 9.17) is 24.1 Å². The topological polar surface area (TPSA) is 95.0 Å². The summed E-state index contributed by atoms with van der Waals surface area (Å²) >= 11 is 0. The second kappa shape index (κ2) is 12.0. The van der Waals surface area contributed by atoms with E-state index in [0.717, 1.165) is 6.07 Å². The Hall–Kier alpha value is -3.15. The van der Waals surface area contributed by atoms with Crippen LogP contribution in [-0.4, -0.2) is 62.3 Å². The number of anilines is 1. The van der Waals surface area contributed by atoms with Gasteiger partial charge in [-0.05, 0) is 19.1 Å². The predicted octanol–water partition coefficient (Wildman–Crippen LogP) is 3.82. The first-order valence-electron chi connectivity index (χ1n) is 10.9. The SMILES string of the molecule is COCCOc1cc2nc(C)nc(NCc3cccc(C(F)(F)CO)c3F)c2cc1OCCOC. The van der Waals surface area contributed by atoms with Gasteiger partial charge >= 0.3 is 0 Å². The van der Waals surface area contributed by atoms with Gasteiger partial charge < -0.3 is 29.4 Å². The largest absolute Gasteiger partial charge is 0.487 e. The van der Waals surface area contributed by atoms with Gasteiger partial charge in [0.15, 0.2) is 11.5 Å². The van der Waals surface area contributed by atoms with Gasteiger partial charge in [-0.1, -0.05) is 12.1 Å². The number of methoxy groups -OCH3 is 2. The fourth-order valence-electron chi connectivity index (χ4n) is 3.35. The third-order valence-electron chi connectivity index (χ3n) is 5.08. The number of aryl methyl sites for hydroxylation is 1. The second-order valence-corrected chi connectivity index (χ2v) is 7.61. The number of nitrogens with one attached hydrogen (secondary N) is 1. The minimum absolute atomic E-state index is 0.00359. The monoisotopic (exact) mass is 495 g/mol. The first kappa shape index (κ1) is 26.5. The first-order chi connectivity index (χ1) is 16.8. The number of ether oxygens (including phenoxy) is 4. The van der Waals surface area contributed by atoms with Crippen molar-refractivity contribution in [2.45, 2.75) is 19.4 Å². The number of alkyl halides is 2. The maximum atomic E-state index is 14.8. The van der Waals surface area contributed by atoms with Crippen molar-refractivity contribution in [3.63, 3.8) is 0 Å². The number of fused-ring (bicyclic) bond motifs is 1. The van der Waals surface area contributed by atoms with Gasteiger partial charge in [-0.3, -0.25) is 0 Å². The van der Waals surface area contributed by atoms with Crippen LogP contribution in [0.5, 0.6) is 11.5 Å². The maximum Gasteiger partial charge on any atom is 0.298 e. The van der Waals surface area contributed by atoms with Crippen LogP contribution in [0.1, 0.15) is 17.0 Å². The van der Waals surface area contributed by atoms with Crippen molar-refractivity contribution >= 4 is 16.7 Å². The molecule has 0 aliphatic rings. The highest BCUT2D eigenvalue weighted by molar-refractivity contribution is 5.91. The van der Waals surface area contributed by atoms with Crippen molar-refractivity contribution in [2.75, 3.05) is 52.6 Å². The molecule has 0 fully saturated rings. The molecule has 1 aromatic heterocycles. The van der Waals surface area contributed by atoms with E-state index in [2.05, 4.69) is 15.3 Å². The summed E-state index contributed by atoms with van der Waals surface area (Å²) in [5.41, 5.74) is -0.321. The van der Waals surface area contributed by atoms with Crippen molar-refractivity contribution in [2.24, 2.45) is 0 Å². The van der Waals surface area contributed by atoms with E-state index in [1.807, 2.05) is 0 Å². The van der Waals surface area contributed by atoms with Gasteiger partial charge in [-0.15, -0.1) is 0 Å². The molecular weight excluding hydrogens is 467 g/mol. The molecule has 3 rings (SSSR count). The number of aliphatic hydroxyl groups excluding tert-OH is 1. The summed E-state index contributed by atoms with van der Waals surface area (Å²) in [7, 11) is 3.13. The quantitative estimate of drug-likeness (QED) is 0.346. The van der Waals surface area contributed by atoms with Crippen LogP contribution in [0.25, 0.3) is 10.9 Å². The lowest BCUT2D eigenvalue weighted by Gasteiger charge is -2.17. The third-order valence-corrected chi connectivity index (χ3v) is 5.08. The molecule has 0 saturated heterocycles. The molecule has 11 heteroatoms. The fraction of sp³-hybridized carbons (Fsp3) is 0.417. The second-order valence-electron chi connectivity index (χ2n) is 7.61. The van der Waals surface area contributed by atoms with Crippen molar-refractivity contribution in [1.82, 2.24) is 9.97 Å². The van der Waals surface area contributed by atoms with E-state index >= 15 is 0 Å². The number of rotatable bonds is 13. The molecule has 0 amide bonds. The number of benzene rings is 2. The molecule has 0 aliphatic heterocycles. The van der Waals surface area contributed by atoms with Crippen LogP contribution in [0.3, 0.4) is 0 Å². The van der Waals surface area contributed by atoms with Gasteiger partial charge in [-0.25, -0.2) is 14.4 Å². The van der Waals surface area contributed by atoms with E-state index in [1.54, 1.807) is 33.3 Å². The van der Waals surface area contributed by atoms with E-state index < -0.39 is 23.9 Å². The Morgan fingerprint density at radius 3 is 2.26 bits per heavy atom. The lowest BCUT2D eigenvalue weighted by molar-refractivity contribution is -0.0583. The normalized spacial score (nSPS) is 11.6. The van der Waals surface area contributed by atoms with Gasteiger partial charge in [0.2, 0.25) is 0 Å². The number of halogens is 3. The number of hydrogen-bond donors (Lipinski definition) is 2. The summed E-state index contributed by atoms with van der Waals surface area (Å²) in [6.07, 6.45) is 0. The molecule has 3 aromatic rings. The summed E-state index contributed by atoms with van der Waals surface area (Å²) in [6, 6.07) is 7.05. The molecule has 0 bridgehead atoms. The predicted molar refractivity (Wildman–Crippen MR) is 124 cm³/mol. The van der Waals surface area contributed by atoms with Crippen molar-refractivity contribution in [3.8, 4) is 11.5 Å². The van der Waals surface area contributed by atoms with E-state index in [9.17, 15) is 13.2 Å². The molecule has 8 nitrogen and oxygen atoms in total. The van der Waals surface area contributed by atoms with Crippen molar-refractivity contribution in [3.05, 3.63) is 53.1 Å². The summed E-state index contributed by atoms with van der Waals surface area (Å²) in [5.74, 6) is -3.09. The van der Waals surface area contributed by atoms with E-state index in [-0.39, 0.29) is 18.7 Å². The molecule has 0 aliphatic carbocycles. The van der Waals surface area contributed by atoms with Crippen molar-refractivity contribution in [1.29, 1.82) is 0 Å². The highest BCUT2D eigenvalue weighted by Crippen LogP contribution is 2.35. The highest BCUT2D eigenvalue weighted by atomic mass is 19.3. The zero-order valence-corrected chi connectivity index (χ0v) is 19.7. The van der Waals surface area contributed by atoms with Crippen LogP contribution in [0.2, 0.25) is 0 Å². The number of aromatic nitrogens is 2. The zero-order valence-electron chi connectivity index (χ0n) is 19.7.